The van der Waals surface area contributed by atoms with E-state index in [1.165, 1.54) is 0 Å². The van der Waals surface area contributed by atoms with Crippen molar-refractivity contribution in [3.05, 3.63) is 29.8 Å². The molecule has 0 aliphatic carbocycles. The molecule has 5 nitrogen and oxygen atoms in total. The van der Waals surface area contributed by atoms with Crippen LogP contribution in [0.3, 0.4) is 0 Å². The molecule has 1 aromatic carbocycles. The molecule has 1 unspecified atom stereocenters. The molecular weight excluding hydrogens is 322 g/mol. The van der Waals surface area contributed by atoms with Crippen molar-refractivity contribution in [2.45, 2.75) is 52.8 Å². The molecule has 1 aromatic rings. The molecule has 0 bridgehead atoms. The first-order valence-corrected chi connectivity index (χ1v) is 11.8. The molecule has 0 saturated carbocycles. The van der Waals surface area contributed by atoms with E-state index in [1.807, 2.05) is 31.2 Å². The van der Waals surface area contributed by atoms with E-state index in [9.17, 15) is 0 Å². The van der Waals surface area contributed by atoms with E-state index in [1.54, 1.807) is 7.11 Å². The van der Waals surface area contributed by atoms with E-state index in [4.69, 9.17) is 18.7 Å². The summed E-state index contributed by atoms with van der Waals surface area (Å²) in [4.78, 5) is 5.87. The van der Waals surface area contributed by atoms with Gasteiger partial charge in [0.05, 0.1) is 24.8 Å². The molecule has 24 heavy (non-hydrogen) atoms. The predicted octanol–water partition coefficient (Wildman–Crippen LogP) is 4.39. The normalized spacial score (nSPS) is 23.4. The number of nitrogens with zero attached hydrogens (tertiary/aromatic N) is 1. The highest BCUT2D eigenvalue weighted by molar-refractivity contribution is 6.69. The number of benzene rings is 1. The van der Waals surface area contributed by atoms with Crippen molar-refractivity contribution in [1.82, 2.24) is 0 Å². The Morgan fingerprint density at radius 2 is 1.79 bits per heavy atom. The molecule has 0 aromatic heterocycles. The molecule has 0 fully saturated rings. The minimum atomic E-state index is -1.89. The average Bonchev–Trinajstić information content (AvgIpc) is 2.49. The molecule has 1 atom stereocenters. The molecule has 6 heteroatoms. The number of rotatable bonds is 6. The number of ether oxygens (including phenoxy) is 2. The molecule has 0 spiro atoms. The maximum atomic E-state index is 6.31. The lowest BCUT2D eigenvalue weighted by molar-refractivity contribution is -0.400. The quantitative estimate of drug-likeness (QED) is 0.563. The number of hydrogen-bond acceptors (Lipinski definition) is 5. The Balaban J connectivity index is 2.33. The fourth-order valence-corrected chi connectivity index (χ4v) is 3.92. The monoisotopic (exact) mass is 351 g/mol. The standard InChI is InChI=1S/C18H29NO4Si/c1-8-21-18(23-24(5,6)7)17(2,3)13-16(19-22-18)14-9-11-15(20-4)12-10-14/h9-12H,8,13H2,1-7H3. The van der Waals surface area contributed by atoms with Gasteiger partial charge in [0.15, 0.2) is 8.32 Å². The van der Waals surface area contributed by atoms with E-state index in [2.05, 4.69) is 38.6 Å². The van der Waals surface area contributed by atoms with Crippen molar-refractivity contribution in [3.63, 3.8) is 0 Å². The van der Waals surface area contributed by atoms with Crippen molar-refractivity contribution >= 4 is 14.0 Å². The minimum absolute atomic E-state index is 0.375. The zero-order valence-electron chi connectivity index (χ0n) is 15.8. The first-order valence-electron chi connectivity index (χ1n) is 8.36. The van der Waals surface area contributed by atoms with Gasteiger partial charge in [-0.2, -0.15) is 0 Å². The highest BCUT2D eigenvalue weighted by Gasteiger charge is 2.55. The number of oxime groups is 1. The maximum absolute atomic E-state index is 6.31. The Morgan fingerprint density at radius 3 is 2.25 bits per heavy atom. The first kappa shape index (κ1) is 19.0. The summed E-state index contributed by atoms with van der Waals surface area (Å²) in [6.07, 6.45) is 0.698. The molecule has 0 N–H and O–H groups in total. The van der Waals surface area contributed by atoms with Gasteiger partial charge in [-0.1, -0.05) is 19.0 Å². The topological polar surface area (TPSA) is 49.3 Å². The van der Waals surface area contributed by atoms with E-state index in [-0.39, 0.29) is 5.41 Å². The molecule has 0 radical (unpaired) electrons. The number of hydrogen-bond donors (Lipinski definition) is 0. The van der Waals surface area contributed by atoms with Crippen LogP contribution in [0.25, 0.3) is 0 Å². The van der Waals surface area contributed by atoms with Crippen LogP contribution in [0, 0.1) is 5.41 Å². The third kappa shape index (κ3) is 3.99. The Bertz CT molecular complexity index is 592. The summed E-state index contributed by atoms with van der Waals surface area (Å²) in [6.45, 7) is 13.0. The Kier molecular flexibility index (Phi) is 5.42. The second kappa shape index (κ2) is 6.86. The zero-order chi connectivity index (χ0) is 18.0. The van der Waals surface area contributed by atoms with Gasteiger partial charge < -0.3 is 18.7 Å². The SMILES string of the molecule is CCOC1(O[Si](C)(C)C)ON=C(c2ccc(OC)cc2)CC1(C)C. The van der Waals surface area contributed by atoms with Crippen molar-refractivity contribution in [2.24, 2.45) is 10.6 Å². The fourth-order valence-electron chi connectivity index (χ4n) is 2.74. The van der Waals surface area contributed by atoms with Crippen LogP contribution in [0.5, 0.6) is 5.75 Å². The lowest BCUT2D eigenvalue weighted by Gasteiger charge is -2.47. The molecule has 1 aliphatic rings. The Morgan fingerprint density at radius 1 is 1.17 bits per heavy atom. The lowest BCUT2D eigenvalue weighted by Crippen LogP contribution is -2.58. The van der Waals surface area contributed by atoms with Gasteiger partial charge in [0.25, 0.3) is 0 Å². The highest BCUT2D eigenvalue weighted by Crippen LogP contribution is 2.45. The minimum Gasteiger partial charge on any atom is -0.497 e. The summed E-state index contributed by atoms with van der Waals surface area (Å²) in [6, 6.07) is 7.83. The molecule has 134 valence electrons. The van der Waals surface area contributed by atoms with Gasteiger partial charge in [0.2, 0.25) is 0 Å². The summed E-state index contributed by atoms with van der Waals surface area (Å²) in [7, 11) is -0.236. The van der Waals surface area contributed by atoms with Gasteiger partial charge in [-0.25, -0.2) is 0 Å². The molecule has 2 rings (SSSR count). The molecule has 1 aliphatic heterocycles. The van der Waals surface area contributed by atoms with E-state index in [0.29, 0.717) is 13.0 Å². The van der Waals surface area contributed by atoms with Crippen molar-refractivity contribution < 1.29 is 18.7 Å². The van der Waals surface area contributed by atoms with Crippen LogP contribution in [0.4, 0.5) is 0 Å². The Hall–Kier alpha value is -1.37. The zero-order valence-corrected chi connectivity index (χ0v) is 16.8. The van der Waals surface area contributed by atoms with Crippen LogP contribution in [0.15, 0.2) is 29.4 Å². The van der Waals surface area contributed by atoms with Crippen LogP contribution in [0.2, 0.25) is 19.6 Å². The number of methoxy groups -OCH3 is 1. The Labute approximate surface area is 146 Å². The highest BCUT2D eigenvalue weighted by atomic mass is 28.4. The van der Waals surface area contributed by atoms with Crippen molar-refractivity contribution in [3.8, 4) is 5.75 Å². The lowest BCUT2D eigenvalue weighted by atomic mass is 9.81. The van der Waals surface area contributed by atoms with Crippen LogP contribution < -0.4 is 4.74 Å². The third-order valence-corrected chi connectivity index (χ3v) is 4.79. The van der Waals surface area contributed by atoms with Crippen LogP contribution in [-0.4, -0.2) is 33.7 Å². The van der Waals surface area contributed by atoms with Crippen molar-refractivity contribution in [2.75, 3.05) is 13.7 Å². The first-order chi connectivity index (χ1) is 11.1. The second-order valence-corrected chi connectivity index (χ2v) is 12.1. The summed E-state index contributed by atoms with van der Waals surface area (Å²) < 4.78 is 17.5. The average molecular weight is 352 g/mol. The smallest absolute Gasteiger partial charge is 0.346 e. The largest absolute Gasteiger partial charge is 0.497 e. The van der Waals surface area contributed by atoms with Crippen molar-refractivity contribution in [1.29, 1.82) is 0 Å². The van der Waals surface area contributed by atoms with Gasteiger partial charge in [-0.15, -0.1) is 0 Å². The van der Waals surface area contributed by atoms with Crippen LogP contribution in [0.1, 0.15) is 32.8 Å². The summed E-state index contributed by atoms with van der Waals surface area (Å²) in [5.74, 6) is -0.316. The molecule has 0 amide bonds. The fraction of sp³-hybridized carbons (Fsp3) is 0.611. The van der Waals surface area contributed by atoms with Gasteiger partial charge in [-0.05, 0) is 56.4 Å². The van der Waals surface area contributed by atoms with Crippen LogP contribution in [-0.2, 0) is 14.0 Å². The van der Waals surface area contributed by atoms with E-state index >= 15 is 0 Å². The van der Waals surface area contributed by atoms with E-state index in [0.717, 1.165) is 17.0 Å². The maximum Gasteiger partial charge on any atom is 0.346 e. The van der Waals surface area contributed by atoms with E-state index < -0.39 is 14.3 Å². The third-order valence-electron chi connectivity index (χ3n) is 3.91. The van der Waals surface area contributed by atoms with Gasteiger partial charge in [0, 0.05) is 6.42 Å². The van der Waals surface area contributed by atoms with Crippen LogP contribution >= 0.6 is 0 Å². The molecule has 0 saturated heterocycles. The van der Waals surface area contributed by atoms with Gasteiger partial charge in [0.1, 0.15) is 5.75 Å². The summed E-state index contributed by atoms with van der Waals surface area (Å²) in [5, 5.41) is 4.36. The second-order valence-electron chi connectivity index (χ2n) is 7.62. The summed E-state index contributed by atoms with van der Waals surface area (Å²) in [5.41, 5.74) is 1.53. The summed E-state index contributed by atoms with van der Waals surface area (Å²) >= 11 is 0. The molecule has 1 heterocycles. The van der Waals surface area contributed by atoms with Gasteiger partial charge >= 0.3 is 5.97 Å². The molecular formula is C18H29NO4Si. The predicted molar refractivity (Wildman–Crippen MR) is 97.8 cm³/mol. The van der Waals surface area contributed by atoms with Gasteiger partial charge in [-0.3, -0.25) is 0 Å².